The van der Waals surface area contributed by atoms with Gasteiger partial charge in [-0.1, -0.05) is 19.1 Å². The van der Waals surface area contributed by atoms with Crippen LogP contribution in [0.15, 0.2) is 24.3 Å². The second kappa shape index (κ2) is 8.59. The molecular weight excluding hydrogens is 252 g/mol. The van der Waals surface area contributed by atoms with E-state index >= 15 is 0 Å². The van der Waals surface area contributed by atoms with Gasteiger partial charge in [0.1, 0.15) is 5.75 Å². The highest BCUT2D eigenvalue weighted by Gasteiger charge is 2.13. The Morgan fingerprint density at radius 3 is 2.55 bits per heavy atom. The molecule has 0 aliphatic heterocycles. The van der Waals surface area contributed by atoms with E-state index in [9.17, 15) is 4.79 Å². The standard InChI is InChI=1S/C16H26N2O2/c1-4-11-20-15-8-5-14(6-9-15)7-10-16(19)18(3)13(2)12-17/h5-6,8-9,13H,4,7,10-12,17H2,1-3H3. The molecule has 4 nitrogen and oxygen atoms in total. The van der Waals surface area contributed by atoms with E-state index < -0.39 is 0 Å². The molecule has 0 heterocycles. The predicted octanol–water partition coefficient (Wildman–Crippen LogP) is 2.21. The van der Waals surface area contributed by atoms with Crippen molar-refractivity contribution in [3.05, 3.63) is 29.8 Å². The first-order valence-electron chi connectivity index (χ1n) is 7.26. The zero-order valence-corrected chi connectivity index (χ0v) is 12.8. The van der Waals surface area contributed by atoms with E-state index in [1.54, 1.807) is 4.90 Å². The minimum absolute atomic E-state index is 0.0901. The number of hydrogen-bond acceptors (Lipinski definition) is 3. The summed E-state index contributed by atoms with van der Waals surface area (Å²) in [4.78, 5) is 13.7. The maximum atomic E-state index is 12.0. The molecule has 0 aliphatic carbocycles. The minimum Gasteiger partial charge on any atom is -0.494 e. The van der Waals surface area contributed by atoms with Crippen LogP contribution in [0.4, 0.5) is 0 Å². The Hall–Kier alpha value is -1.55. The summed E-state index contributed by atoms with van der Waals surface area (Å²) < 4.78 is 5.53. The summed E-state index contributed by atoms with van der Waals surface area (Å²) >= 11 is 0. The Balaban J connectivity index is 2.43. The van der Waals surface area contributed by atoms with Crippen LogP contribution < -0.4 is 10.5 Å². The maximum Gasteiger partial charge on any atom is 0.222 e. The lowest BCUT2D eigenvalue weighted by atomic mass is 10.1. The summed E-state index contributed by atoms with van der Waals surface area (Å²) in [7, 11) is 1.81. The van der Waals surface area contributed by atoms with Gasteiger partial charge in [-0.25, -0.2) is 0 Å². The van der Waals surface area contributed by atoms with Crippen LogP contribution >= 0.6 is 0 Å². The van der Waals surface area contributed by atoms with Crippen LogP contribution in [0, 0.1) is 0 Å². The topological polar surface area (TPSA) is 55.6 Å². The van der Waals surface area contributed by atoms with E-state index in [0.29, 0.717) is 13.0 Å². The first-order chi connectivity index (χ1) is 9.58. The van der Waals surface area contributed by atoms with Gasteiger partial charge in [-0.05, 0) is 37.5 Å². The van der Waals surface area contributed by atoms with Gasteiger partial charge in [0.2, 0.25) is 5.91 Å². The van der Waals surface area contributed by atoms with E-state index in [4.69, 9.17) is 10.5 Å². The van der Waals surface area contributed by atoms with Crippen molar-refractivity contribution in [2.45, 2.75) is 39.2 Å². The zero-order chi connectivity index (χ0) is 15.0. The van der Waals surface area contributed by atoms with Gasteiger partial charge in [0.25, 0.3) is 0 Å². The number of ether oxygens (including phenoxy) is 1. The van der Waals surface area contributed by atoms with Gasteiger partial charge in [-0.3, -0.25) is 4.79 Å². The average Bonchev–Trinajstić information content (AvgIpc) is 2.49. The van der Waals surface area contributed by atoms with Gasteiger partial charge >= 0.3 is 0 Å². The fraction of sp³-hybridized carbons (Fsp3) is 0.562. The Bertz CT molecular complexity index is 403. The lowest BCUT2D eigenvalue weighted by molar-refractivity contribution is -0.131. The van der Waals surface area contributed by atoms with Crippen molar-refractivity contribution < 1.29 is 9.53 Å². The van der Waals surface area contributed by atoms with E-state index in [-0.39, 0.29) is 11.9 Å². The van der Waals surface area contributed by atoms with Gasteiger partial charge in [-0.15, -0.1) is 0 Å². The molecule has 0 aromatic heterocycles. The molecule has 0 saturated carbocycles. The maximum absolute atomic E-state index is 12.0. The highest BCUT2D eigenvalue weighted by atomic mass is 16.5. The number of amides is 1. The summed E-state index contributed by atoms with van der Waals surface area (Å²) in [6, 6.07) is 8.05. The second-order valence-electron chi connectivity index (χ2n) is 5.08. The molecule has 1 atom stereocenters. The van der Waals surface area contributed by atoms with Crippen molar-refractivity contribution in [2.75, 3.05) is 20.2 Å². The van der Waals surface area contributed by atoms with E-state index in [1.165, 1.54) is 0 Å². The van der Waals surface area contributed by atoms with Crippen LogP contribution in [0.25, 0.3) is 0 Å². The second-order valence-corrected chi connectivity index (χ2v) is 5.08. The van der Waals surface area contributed by atoms with Crippen molar-refractivity contribution in [1.82, 2.24) is 4.90 Å². The summed E-state index contributed by atoms with van der Waals surface area (Å²) in [5.41, 5.74) is 6.72. The SMILES string of the molecule is CCCOc1ccc(CCC(=O)N(C)C(C)CN)cc1. The number of nitrogens with zero attached hydrogens (tertiary/aromatic N) is 1. The molecule has 1 amide bonds. The van der Waals surface area contributed by atoms with Crippen molar-refractivity contribution in [2.24, 2.45) is 5.73 Å². The Morgan fingerprint density at radius 2 is 2.00 bits per heavy atom. The Morgan fingerprint density at radius 1 is 1.35 bits per heavy atom. The minimum atomic E-state index is 0.0901. The molecule has 112 valence electrons. The number of hydrogen-bond donors (Lipinski definition) is 1. The quantitative estimate of drug-likeness (QED) is 0.793. The molecule has 0 saturated heterocycles. The molecule has 2 N–H and O–H groups in total. The van der Waals surface area contributed by atoms with Crippen LogP contribution in [-0.4, -0.2) is 37.0 Å². The van der Waals surface area contributed by atoms with Crippen molar-refractivity contribution in [3.8, 4) is 5.75 Å². The normalized spacial score (nSPS) is 12.0. The number of carbonyl (C=O) groups is 1. The number of carbonyl (C=O) groups excluding carboxylic acids is 1. The lowest BCUT2D eigenvalue weighted by Crippen LogP contribution is -2.39. The molecule has 1 aromatic carbocycles. The van der Waals surface area contributed by atoms with Gasteiger partial charge < -0.3 is 15.4 Å². The third kappa shape index (κ3) is 5.21. The van der Waals surface area contributed by atoms with Gasteiger partial charge in [0.15, 0.2) is 0 Å². The first-order valence-corrected chi connectivity index (χ1v) is 7.26. The van der Waals surface area contributed by atoms with Crippen molar-refractivity contribution in [3.63, 3.8) is 0 Å². The Labute approximate surface area is 121 Å². The zero-order valence-electron chi connectivity index (χ0n) is 12.8. The van der Waals surface area contributed by atoms with Gasteiger partial charge in [-0.2, -0.15) is 0 Å². The van der Waals surface area contributed by atoms with Crippen LogP contribution in [0.5, 0.6) is 5.75 Å². The number of nitrogens with two attached hydrogens (primary N) is 1. The predicted molar refractivity (Wildman–Crippen MR) is 81.8 cm³/mol. The monoisotopic (exact) mass is 278 g/mol. The molecule has 0 fully saturated rings. The van der Waals surface area contributed by atoms with Crippen molar-refractivity contribution >= 4 is 5.91 Å². The van der Waals surface area contributed by atoms with Gasteiger partial charge in [0.05, 0.1) is 6.61 Å². The third-order valence-corrected chi connectivity index (χ3v) is 3.42. The first kappa shape index (κ1) is 16.5. The number of rotatable bonds is 8. The molecular formula is C16H26N2O2. The molecule has 1 aromatic rings. The lowest BCUT2D eigenvalue weighted by Gasteiger charge is -2.23. The number of aryl methyl sites for hydroxylation is 1. The Kier molecular flexibility index (Phi) is 7.09. The smallest absolute Gasteiger partial charge is 0.222 e. The molecule has 20 heavy (non-hydrogen) atoms. The summed E-state index contributed by atoms with van der Waals surface area (Å²) in [5.74, 6) is 1.02. The molecule has 0 spiro atoms. The summed E-state index contributed by atoms with van der Waals surface area (Å²) in [6.45, 7) is 5.27. The molecule has 0 aliphatic rings. The third-order valence-electron chi connectivity index (χ3n) is 3.42. The molecule has 4 heteroatoms. The largest absolute Gasteiger partial charge is 0.494 e. The molecule has 0 bridgehead atoms. The summed E-state index contributed by atoms with van der Waals surface area (Å²) in [6.07, 6.45) is 2.26. The number of likely N-dealkylation sites (N-methyl/N-ethyl adjacent to an activating group) is 1. The number of benzene rings is 1. The van der Waals surface area contributed by atoms with E-state index in [2.05, 4.69) is 6.92 Å². The summed E-state index contributed by atoms with van der Waals surface area (Å²) in [5, 5.41) is 0. The fourth-order valence-electron chi connectivity index (χ4n) is 1.80. The van der Waals surface area contributed by atoms with Crippen molar-refractivity contribution in [1.29, 1.82) is 0 Å². The molecule has 0 radical (unpaired) electrons. The fourth-order valence-corrected chi connectivity index (χ4v) is 1.80. The van der Waals surface area contributed by atoms with E-state index in [1.807, 2.05) is 38.2 Å². The van der Waals surface area contributed by atoms with Crippen LogP contribution in [0.2, 0.25) is 0 Å². The highest BCUT2D eigenvalue weighted by Crippen LogP contribution is 2.14. The van der Waals surface area contributed by atoms with E-state index in [0.717, 1.165) is 30.8 Å². The van der Waals surface area contributed by atoms with Gasteiger partial charge in [0, 0.05) is 26.1 Å². The van der Waals surface area contributed by atoms with Crippen LogP contribution in [0.1, 0.15) is 32.3 Å². The van der Waals surface area contributed by atoms with Crippen LogP contribution in [0.3, 0.4) is 0 Å². The van der Waals surface area contributed by atoms with Crippen LogP contribution in [-0.2, 0) is 11.2 Å². The molecule has 1 unspecified atom stereocenters. The highest BCUT2D eigenvalue weighted by molar-refractivity contribution is 5.76. The average molecular weight is 278 g/mol. The molecule has 1 rings (SSSR count).